The molecule has 5 aromatic rings. The molecule has 98 heavy (non-hydrogen) atoms. The van der Waals surface area contributed by atoms with Crippen molar-refractivity contribution in [1.82, 2.24) is 30.9 Å². The predicted octanol–water partition coefficient (Wildman–Crippen LogP) is 12.7. The number of carbonyl (C=O) groups is 6. The van der Waals surface area contributed by atoms with Crippen molar-refractivity contribution in [2.24, 2.45) is 17.8 Å². The van der Waals surface area contributed by atoms with Gasteiger partial charge >= 0.3 is 17.9 Å². The molecule has 3 atom stereocenters. The van der Waals surface area contributed by atoms with E-state index in [9.17, 15) is 39.0 Å². The first-order chi connectivity index (χ1) is 47.6. The highest BCUT2D eigenvalue weighted by molar-refractivity contribution is 6.01. The summed E-state index contributed by atoms with van der Waals surface area (Å²) >= 11 is 0. The van der Waals surface area contributed by atoms with Gasteiger partial charge in [0.2, 0.25) is 0 Å². The van der Waals surface area contributed by atoms with Gasteiger partial charge in [-0.3, -0.25) is 28.8 Å². The van der Waals surface area contributed by atoms with Crippen molar-refractivity contribution in [3.05, 3.63) is 125 Å². The highest BCUT2D eigenvalue weighted by Crippen LogP contribution is 2.32. The fraction of sp³-hybridized carbons (Fsp3) is 0.571. The number of nitrogens with one attached hydrogen (secondary N) is 5. The standard InChI is InChI=1S/C28H38N4O3.C27H36N4O3.C22H34N4O3/c1-31(18-16-21-9-4-2-5-10-21)27-24(28(35)29-23-12-6-3-7-13-23)14-15-25(30-27)32-17-8-11-22(20-32)19-26(33)34;32-25(33)18-21-10-7-17-31(19-21)24-14-13-23(27(34)29-22-11-5-2-6-12-22)26(30-24)28-16-15-20-8-3-1-4-9-20;1-2-12-23-21-18(22(29)24-17-8-4-3-5-9-17)10-11-19(25-21)26-13-6-7-16(15-26)14-20(27)28/h2,4-5,9-10,14-15,22-23H,3,6-8,11-13,16-20H2,1H3,(H,29,35)(H,33,34);1,3-4,8-9,13-14,21-22H,2,5-7,10-12,15-19H2,(H,28,30)(H,29,34)(H,32,33);10-11,16-17H,2-9,12-15H2,1H3,(H,23,25)(H,24,29)(H,27,28)/t22-;21-;16-/m000/s1. The van der Waals surface area contributed by atoms with Crippen LogP contribution >= 0.6 is 0 Å². The Morgan fingerprint density at radius 3 is 1.17 bits per heavy atom. The lowest BCUT2D eigenvalue weighted by molar-refractivity contribution is -0.139. The van der Waals surface area contributed by atoms with Crippen LogP contribution in [0.15, 0.2) is 97.1 Å². The number of amides is 3. The van der Waals surface area contributed by atoms with E-state index in [0.29, 0.717) is 60.3 Å². The first-order valence-corrected chi connectivity index (χ1v) is 36.8. The molecule has 3 amide bonds. The molecule has 3 saturated heterocycles. The van der Waals surface area contributed by atoms with Crippen molar-refractivity contribution in [1.29, 1.82) is 0 Å². The van der Waals surface area contributed by atoms with Crippen LogP contribution in [-0.4, -0.2) is 150 Å². The van der Waals surface area contributed by atoms with Gasteiger partial charge in [-0.05, 0) is 162 Å². The first kappa shape index (κ1) is 73.7. The summed E-state index contributed by atoms with van der Waals surface area (Å²) in [6.45, 7) is 8.86. The molecule has 21 heteroatoms. The summed E-state index contributed by atoms with van der Waals surface area (Å²) in [6, 6.07) is 32.7. The van der Waals surface area contributed by atoms with Crippen LogP contribution in [-0.2, 0) is 27.2 Å². The van der Waals surface area contributed by atoms with Gasteiger partial charge in [0, 0.05) is 103 Å². The minimum Gasteiger partial charge on any atom is -0.481 e. The maximum atomic E-state index is 13.3. The van der Waals surface area contributed by atoms with E-state index in [0.717, 1.165) is 159 Å². The summed E-state index contributed by atoms with van der Waals surface area (Å²) < 4.78 is 0. The average molecular weight is 1350 g/mol. The van der Waals surface area contributed by atoms with Crippen LogP contribution in [0.1, 0.15) is 210 Å². The summed E-state index contributed by atoms with van der Waals surface area (Å²) in [4.78, 5) is 96.0. The van der Waals surface area contributed by atoms with E-state index in [1.165, 1.54) is 56.1 Å². The lowest BCUT2D eigenvalue weighted by Gasteiger charge is -2.34. The zero-order valence-corrected chi connectivity index (χ0v) is 58.1. The molecule has 8 N–H and O–H groups in total. The van der Waals surface area contributed by atoms with Gasteiger partial charge in [-0.15, -0.1) is 0 Å². The maximum Gasteiger partial charge on any atom is 0.303 e. The van der Waals surface area contributed by atoms with E-state index in [4.69, 9.17) is 20.1 Å². The molecule has 0 bridgehead atoms. The number of likely N-dealkylation sites (N-methyl/N-ethyl adjacent to an activating group) is 1. The summed E-state index contributed by atoms with van der Waals surface area (Å²) in [5, 5.41) is 43.9. The van der Waals surface area contributed by atoms with Crippen LogP contribution in [0, 0.1) is 17.8 Å². The van der Waals surface area contributed by atoms with E-state index in [1.54, 1.807) is 0 Å². The van der Waals surface area contributed by atoms with Gasteiger partial charge < -0.3 is 61.5 Å². The van der Waals surface area contributed by atoms with Crippen LogP contribution in [0.5, 0.6) is 0 Å². The predicted molar refractivity (Wildman–Crippen MR) is 388 cm³/mol. The molecule has 11 rings (SSSR count). The maximum absolute atomic E-state index is 13.3. The molecular weight excluding hydrogens is 1240 g/mol. The summed E-state index contributed by atoms with van der Waals surface area (Å²) in [5.74, 6) is 2.29. The largest absolute Gasteiger partial charge is 0.481 e. The first-order valence-electron chi connectivity index (χ1n) is 36.8. The number of nitrogens with zero attached hydrogens (tertiary/aromatic N) is 7. The summed E-state index contributed by atoms with van der Waals surface area (Å²) in [5.41, 5.74) is 4.24. The Bertz CT molecular complexity index is 3340. The number of carboxylic acids is 3. The van der Waals surface area contributed by atoms with Crippen molar-refractivity contribution < 1.29 is 44.1 Å². The number of carbonyl (C=O) groups excluding carboxylic acids is 3. The second-order valence-corrected chi connectivity index (χ2v) is 28.0. The number of anilines is 6. The van der Waals surface area contributed by atoms with Gasteiger partial charge in [-0.1, -0.05) is 125 Å². The quantitative estimate of drug-likeness (QED) is 0.0255. The van der Waals surface area contributed by atoms with Crippen LogP contribution in [0.25, 0.3) is 0 Å². The van der Waals surface area contributed by atoms with Crippen LogP contribution in [0.4, 0.5) is 34.9 Å². The zero-order chi connectivity index (χ0) is 69.0. The Morgan fingerprint density at radius 1 is 0.429 bits per heavy atom. The minimum atomic E-state index is -0.752. The number of aromatic nitrogens is 3. The molecule has 6 heterocycles. The molecule has 3 aliphatic heterocycles. The van der Waals surface area contributed by atoms with Gasteiger partial charge in [0.05, 0.1) is 16.7 Å². The van der Waals surface area contributed by atoms with E-state index in [1.807, 2.05) is 79.8 Å². The Hall–Kier alpha value is -8.49. The normalized spacial score (nSPS) is 19.3. The van der Waals surface area contributed by atoms with E-state index in [2.05, 4.69) is 77.4 Å². The summed E-state index contributed by atoms with van der Waals surface area (Å²) in [7, 11) is 2.00. The highest BCUT2D eigenvalue weighted by Gasteiger charge is 2.30. The molecular formula is C77H108N12O9. The molecule has 3 saturated carbocycles. The SMILES string of the molecule is CCCNc1nc(N2CCC[C@@H](CC(=O)O)C2)ccc1C(=O)NC1CCCCC1.CN(CCc1ccccc1)c1nc(N2CCC[C@@H](CC(=O)O)C2)ccc1C(=O)NC1CCCCC1.O=C(O)C[C@@H]1CCCN(c2ccc(C(=O)NC3CCCCC3)c(NCCc3ccccc3)n2)C1. The number of piperidine rings is 3. The minimum absolute atomic E-state index is 0.0556. The molecule has 0 radical (unpaired) electrons. The lowest BCUT2D eigenvalue weighted by Crippen LogP contribution is -2.38. The number of benzene rings is 2. The Balaban J connectivity index is 0.000000173. The second-order valence-electron chi connectivity index (χ2n) is 28.0. The third kappa shape index (κ3) is 23.3. The van der Waals surface area contributed by atoms with Crippen LogP contribution < -0.4 is 46.2 Å². The monoisotopic (exact) mass is 1340 g/mol. The Morgan fingerprint density at radius 2 is 0.786 bits per heavy atom. The van der Waals surface area contributed by atoms with E-state index in [-0.39, 0.29) is 72.9 Å². The summed E-state index contributed by atoms with van der Waals surface area (Å²) in [6.07, 6.45) is 25.8. The lowest BCUT2D eigenvalue weighted by atomic mass is 9.95. The molecule has 6 fully saturated rings. The number of hydrogen-bond donors (Lipinski definition) is 8. The number of pyridine rings is 3. The second kappa shape index (κ2) is 38.6. The number of rotatable bonds is 26. The number of aliphatic carboxylic acids is 3. The van der Waals surface area contributed by atoms with Crippen molar-refractivity contribution in [2.45, 2.75) is 198 Å². The van der Waals surface area contributed by atoms with Crippen molar-refractivity contribution in [3.8, 4) is 0 Å². The molecule has 0 unspecified atom stereocenters. The molecule has 2 aromatic carbocycles. The third-order valence-electron chi connectivity index (χ3n) is 20.1. The molecule has 6 aliphatic rings. The average Bonchev–Trinajstić information content (AvgIpc) is 0.835. The fourth-order valence-corrected chi connectivity index (χ4v) is 14.8. The van der Waals surface area contributed by atoms with Crippen molar-refractivity contribution in [2.75, 3.05) is 96.2 Å². The fourth-order valence-electron chi connectivity index (χ4n) is 14.8. The van der Waals surface area contributed by atoms with Crippen LogP contribution in [0.3, 0.4) is 0 Å². The van der Waals surface area contributed by atoms with Gasteiger partial charge in [0.25, 0.3) is 17.7 Å². The van der Waals surface area contributed by atoms with Gasteiger partial charge in [-0.2, -0.15) is 0 Å². The molecule has 3 aromatic heterocycles. The third-order valence-corrected chi connectivity index (χ3v) is 20.1. The van der Waals surface area contributed by atoms with Gasteiger partial charge in [0.1, 0.15) is 34.9 Å². The van der Waals surface area contributed by atoms with E-state index >= 15 is 0 Å². The molecule has 3 aliphatic carbocycles. The zero-order valence-electron chi connectivity index (χ0n) is 58.1. The highest BCUT2D eigenvalue weighted by atomic mass is 16.4. The van der Waals surface area contributed by atoms with Crippen molar-refractivity contribution in [3.63, 3.8) is 0 Å². The van der Waals surface area contributed by atoms with Crippen molar-refractivity contribution >= 4 is 70.5 Å². The smallest absolute Gasteiger partial charge is 0.303 e. The molecule has 530 valence electrons. The Labute approximate surface area is 580 Å². The topological polar surface area (TPSA) is 275 Å². The number of carboxylic acid groups (broad SMARTS) is 3. The van der Waals surface area contributed by atoms with Crippen LogP contribution in [0.2, 0.25) is 0 Å². The molecule has 21 nitrogen and oxygen atoms in total. The molecule has 0 spiro atoms. The Kier molecular flexibility index (Phi) is 29.0. The van der Waals surface area contributed by atoms with E-state index < -0.39 is 17.9 Å². The number of hydrogen-bond acceptors (Lipinski definition) is 15. The van der Waals surface area contributed by atoms with Gasteiger partial charge in [-0.25, -0.2) is 15.0 Å². The van der Waals surface area contributed by atoms with Gasteiger partial charge in [0.15, 0.2) is 0 Å².